The van der Waals surface area contributed by atoms with Crippen molar-refractivity contribution in [2.24, 2.45) is 0 Å². The number of fused-ring (bicyclic) bond motifs is 1. The number of hydrogen-bond acceptors (Lipinski definition) is 2. The number of amides is 2. The van der Waals surface area contributed by atoms with E-state index in [-0.39, 0.29) is 18.4 Å². The molecule has 1 aliphatic heterocycles. The molecule has 3 rings (SSSR count). The molecule has 0 spiro atoms. The Morgan fingerprint density at radius 2 is 1.79 bits per heavy atom. The van der Waals surface area contributed by atoms with Gasteiger partial charge in [-0.05, 0) is 57.0 Å². The van der Waals surface area contributed by atoms with Gasteiger partial charge in [0.05, 0.1) is 5.41 Å². The fourth-order valence-corrected chi connectivity index (χ4v) is 3.17. The van der Waals surface area contributed by atoms with Crippen molar-refractivity contribution in [1.82, 2.24) is 0 Å². The van der Waals surface area contributed by atoms with Crippen LogP contribution >= 0.6 is 0 Å². The van der Waals surface area contributed by atoms with Gasteiger partial charge >= 0.3 is 0 Å². The molecule has 2 aromatic rings. The van der Waals surface area contributed by atoms with Crippen molar-refractivity contribution in [3.8, 4) is 0 Å². The minimum absolute atomic E-state index is 0.0201. The molecule has 4 heteroatoms. The number of rotatable bonds is 3. The number of benzene rings is 2. The number of carbonyl (C=O) groups excluding carboxylic acids is 2. The predicted molar refractivity (Wildman–Crippen MR) is 96.4 cm³/mol. The molecule has 24 heavy (non-hydrogen) atoms. The minimum Gasteiger partial charge on any atom is -0.325 e. The first kappa shape index (κ1) is 16.2. The van der Waals surface area contributed by atoms with Crippen LogP contribution in [-0.2, 0) is 15.0 Å². The Labute approximate surface area is 142 Å². The molecule has 2 aromatic carbocycles. The second-order valence-corrected chi connectivity index (χ2v) is 6.95. The molecule has 0 aromatic heterocycles. The van der Waals surface area contributed by atoms with Gasteiger partial charge in [0.25, 0.3) is 0 Å². The molecule has 0 unspecified atom stereocenters. The van der Waals surface area contributed by atoms with Crippen molar-refractivity contribution >= 4 is 23.2 Å². The summed E-state index contributed by atoms with van der Waals surface area (Å²) in [5, 5.41) is 2.87. The highest BCUT2D eigenvalue weighted by molar-refractivity contribution is 6.11. The second-order valence-electron chi connectivity index (χ2n) is 6.95. The Morgan fingerprint density at radius 3 is 2.50 bits per heavy atom. The van der Waals surface area contributed by atoms with Crippen LogP contribution in [0.15, 0.2) is 42.5 Å². The molecule has 1 aliphatic rings. The quantitative estimate of drug-likeness (QED) is 0.939. The highest BCUT2D eigenvalue weighted by atomic mass is 16.2. The number of hydrogen-bond donors (Lipinski definition) is 1. The first-order valence-electron chi connectivity index (χ1n) is 8.08. The molecule has 0 radical (unpaired) electrons. The van der Waals surface area contributed by atoms with E-state index in [4.69, 9.17) is 0 Å². The summed E-state index contributed by atoms with van der Waals surface area (Å²) < 4.78 is 0. The molecule has 0 aliphatic carbocycles. The van der Waals surface area contributed by atoms with Crippen LogP contribution in [0.2, 0.25) is 0 Å². The maximum absolute atomic E-state index is 12.8. The third-order valence-corrected chi connectivity index (χ3v) is 4.50. The lowest BCUT2D eigenvalue weighted by Crippen LogP contribution is -2.40. The molecule has 2 amide bonds. The Kier molecular flexibility index (Phi) is 3.91. The largest absolute Gasteiger partial charge is 0.325 e. The van der Waals surface area contributed by atoms with Crippen molar-refractivity contribution in [3.05, 3.63) is 59.2 Å². The summed E-state index contributed by atoms with van der Waals surface area (Å²) in [7, 11) is 0. The molecule has 0 fully saturated rings. The van der Waals surface area contributed by atoms with E-state index in [1.165, 1.54) is 0 Å². The van der Waals surface area contributed by atoms with Crippen molar-refractivity contribution in [2.75, 3.05) is 16.8 Å². The monoisotopic (exact) mass is 322 g/mol. The predicted octanol–water partition coefficient (Wildman–Crippen LogP) is 3.57. The van der Waals surface area contributed by atoms with Crippen LogP contribution in [0.5, 0.6) is 0 Å². The Morgan fingerprint density at radius 1 is 1.08 bits per heavy atom. The lowest BCUT2D eigenvalue weighted by molar-refractivity contribution is -0.124. The average Bonchev–Trinajstić information content (AvgIpc) is 2.68. The number of aryl methyl sites for hydroxylation is 2. The average molecular weight is 322 g/mol. The summed E-state index contributed by atoms with van der Waals surface area (Å²) >= 11 is 0. The summed E-state index contributed by atoms with van der Waals surface area (Å²) in [4.78, 5) is 26.8. The Bertz CT molecular complexity index is 824. The first-order valence-corrected chi connectivity index (χ1v) is 8.08. The highest BCUT2D eigenvalue weighted by Gasteiger charge is 2.44. The maximum atomic E-state index is 12.8. The first-order chi connectivity index (χ1) is 11.3. The summed E-state index contributed by atoms with van der Waals surface area (Å²) in [6.45, 7) is 7.82. The van der Waals surface area contributed by atoms with E-state index >= 15 is 0 Å². The number of nitrogens with one attached hydrogen (secondary N) is 1. The summed E-state index contributed by atoms with van der Waals surface area (Å²) in [6, 6.07) is 13.6. The van der Waals surface area contributed by atoms with E-state index in [2.05, 4.69) is 5.32 Å². The third kappa shape index (κ3) is 2.80. The van der Waals surface area contributed by atoms with Gasteiger partial charge in [-0.3, -0.25) is 9.59 Å². The zero-order chi connectivity index (χ0) is 17.5. The topological polar surface area (TPSA) is 49.4 Å². The van der Waals surface area contributed by atoms with Crippen molar-refractivity contribution in [3.63, 3.8) is 0 Å². The van der Waals surface area contributed by atoms with Crippen LogP contribution in [0.25, 0.3) is 0 Å². The fraction of sp³-hybridized carbons (Fsp3) is 0.300. The number of nitrogens with zero attached hydrogens (tertiary/aromatic N) is 1. The maximum Gasteiger partial charge on any atom is 0.244 e. The van der Waals surface area contributed by atoms with Gasteiger partial charge in [-0.15, -0.1) is 0 Å². The Hall–Kier alpha value is -2.62. The summed E-state index contributed by atoms with van der Waals surface area (Å²) in [5.74, 6) is -0.235. The molecule has 0 atom stereocenters. The van der Waals surface area contributed by atoms with E-state index in [1.54, 1.807) is 4.90 Å². The van der Waals surface area contributed by atoms with Crippen LogP contribution in [-0.4, -0.2) is 18.4 Å². The molecule has 0 saturated carbocycles. The van der Waals surface area contributed by atoms with Gasteiger partial charge in [0.15, 0.2) is 0 Å². The van der Waals surface area contributed by atoms with Gasteiger partial charge in [0.1, 0.15) is 6.54 Å². The van der Waals surface area contributed by atoms with Crippen LogP contribution in [0, 0.1) is 13.8 Å². The number of carbonyl (C=O) groups is 2. The molecular weight excluding hydrogens is 300 g/mol. The van der Waals surface area contributed by atoms with Gasteiger partial charge in [-0.25, -0.2) is 0 Å². The molecule has 1 heterocycles. The molecule has 1 N–H and O–H groups in total. The second kappa shape index (κ2) is 5.78. The van der Waals surface area contributed by atoms with Crippen LogP contribution in [0.1, 0.15) is 30.5 Å². The smallest absolute Gasteiger partial charge is 0.244 e. The normalized spacial score (nSPS) is 15.3. The molecule has 0 bridgehead atoms. The van der Waals surface area contributed by atoms with E-state index in [9.17, 15) is 9.59 Å². The third-order valence-electron chi connectivity index (χ3n) is 4.50. The van der Waals surface area contributed by atoms with Crippen molar-refractivity contribution < 1.29 is 9.59 Å². The van der Waals surface area contributed by atoms with Gasteiger partial charge in [-0.1, -0.05) is 29.8 Å². The van der Waals surface area contributed by atoms with Gasteiger partial charge < -0.3 is 10.2 Å². The van der Waals surface area contributed by atoms with E-state index in [0.717, 1.165) is 28.1 Å². The van der Waals surface area contributed by atoms with Gasteiger partial charge in [-0.2, -0.15) is 0 Å². The van der Waals surface area contributed by atoms with Crippen molar-refractivity contribution in [1.29, 1.82) is 0 Å². The Balaban J connectivity index is 1.83. The zero-order valence-electron chi connectivity index (χ0n) is 14.5. The lowest BCUT2D eigenvalue weighted by Gasteiger charge is -2.20. The van der Waals surface area contributed by atoms with Gasteiger partial charge in [0.2, 0.25) is 11.8 Å². The van der Waals surface area contributed by atoms with E-state index < -0.39 is 5.41 Å². The number of anilines is 2. The summed E-state index contributed by atoms with van der Waals surface area (Å²) in [6.07, 6.45) is 0. The van der Waals surface area contributed by atoms with Crippen molar-refractivity contribution in [2.45, 2.75) is 33.1 Å². The zero-order valence-corrected chi connectivity index (χ0v) is 14.5. The SMILES string of the molecule is Cc1cccc(NC(=O)CN2C(=O)C(C)(C)c3cc(C)ccc32)c1. The highest BCUT2D eigenvalue weighted by Crippen LogP contribution is 2.41. The standard InChI is InChI=1S/C20H22N2O2/c1-13-6-5-7-15(10-13)21-18(23)12-22-17-9-8-14(2)11-16(17)20(3,4)19(22)24/h5-11H,12H2,1-4H3,(H,21,23). The van der Waals surface area contributed by atoms with Crippen LogP contribution in [0.3, 0.4) is 0 Å². The molecule has 124 valence electrons. The molecular formula is C20H22N2O2. The van der Waals surface area contributed by atoms with Crippen LogP contribution < -0.4 is 10.2 Å². The van der Waals surface area contributed by atoms with Gasteiger partial charge in [0, 0.05) is 11.4 Å². The lowest BCUT2D eigenvalue weighted by atomic mass is 9.85. The van der Waals surface area contributed by atoms with E-state index in [1.807, 2.05) is 70.2 Å². The summed E-state index contributed by atoms with van der Waals surface area (Å²) in [5.41, 5.74) is 4.14. The molecule has 0 saturated heterocycles. The molecule has 4 nitrogen and oxygen atoms in total. The van der Waals surface area contributed by atoms with Crippen LogP contribution in [0.4, 0.5) is 11.4 Å². The minimum atomic E-state index is -0.606. The fourth-order valence-electron chi connectivity index (χ4n) is 3.17. The van der Waals surface area contributed by atoms with E-state index in [0.29, 0.717) is 0 Å².